The highest BCUT2D eigenvalue weighted by molar-refractivity contribution is 5.81. The van der Waals surface area contributed by atoms with Crippen molar-refractivity contribution in [3.05, 3.63) is 70.0 Å². The van der Waals surface area contributed by atoms with Crippen LogP contribution in [0, 0.1) is 0 Å². The number of nitrogens with one attached hydrogen (secondary N) is 1. The average molecular weight is 418 g/mol. The van der Waals surface area contributed by atoms with Crippen molar-refractivity contribution >= 4 is 23.1 Å². The number of nitrogens with zero attached hydrogens (tertiary/aromatic N) is 3. The van der Waals surface area contributed by atoms with E-state index >= 15 is 0 Å². The molecule has 3 rings (SSSR count). The zero-order valence-corrected chi connectivity index (χ0v) is 16.3. The molecule has 0 unspecified atom stereocenters. The molecular formula is C21H21F3N4O2. The molecule has 0 saturated carbocycles. The second-order valence-electron chi connectivity index (χ2n) is 6.45. The number of hydrogen-bond donors (Lipinski definition) is 1. The fourth-order valence-electron chi connectivity index (χ4n) is 2.85. The Balaban J connectivity index is 1.83. The topological polar surface area (TPSA) is 68.5 Å². The number of benzene rings is 2. The van der Waals surface area contributed by atoms with E-state index in [1.54, 1.807) is 24.3 Å². The van der Waals surface area contributed by atoms with E-state index in [-0.39, 0.29) is 11.5 Å². The molecule has 0 atom stereocenters. The molecule has 1 aromatic heterocycles. The van der Waals surface area contributed by atoms with E-state index in [0.29, 0.717) is 42.6 Å². The number of hydrazone groups is 1. The van der Waals surface area contributed by atoms with Gasteiger partial charge >= 0.3 is 6.18 Å². The van der Waals surface area contributed by atoms with Crippen LogP contribution in [0.4, 0.5) is 19.1 Å². The summed E-state index contributed by atoms with van der Waals surface area (Å²) in [5, 5.41) is 4.54. The minimum absolute atomic E-state index is 0.204. The minimum atomic E-state index is -4.39. The first-order valence-corrected chi connectivity index (χ1v) is 9.44. The van der Waals surface area contributed by atoms with Gasteiger partial charge in [0.05, 0.1) is 22.7 Å². The predicted octanol–water partition coefficient (Wildman–Crippen LogP) is 4.29. The zero-order valence-electron chi connectivity index (χ0n) is 16.3. The summed E-state index contributed by atoms with van der Waals surface area (Å²) in [6.07, 6.45) is -2.41. The Morgan fingerprint density at radius 3 is 2.60 bits per heavy atom. The number of aromatic nitrogens is 2. The van der Waals surface area contributed by atoms with Crippen molar-refractivity contribution in [1.82, 2.24) is 9.55 Å². The fraction of sp³-hybridized carbons (Fsp3) is 0.286. The molecule has 6 nitrogen and oxygen atoms in total. The third kappa shape index (κ3) is 5.24. The first kappa shape index (κ1) is 21.5. The number of halogens is 3. The van der Waals surface area contributed by atoms with Crippen molar-refractivity contribution in [3.63, 3.8) is 0 Å². The van der Waals surface area contributed by atoms with Crippen LogP contribution in [0.15, 0.2) is 58.4 Å². The summed E-state index contributed by atoms with van der Waals surface area (Å²) in [4.78, 5) is 17.3. The third-order valence-corrected chi connectivity index (χ3v) is 4.35. The lowest BCUT2D eigenvalue weighted by Crippen LogP contribution is -2.25. The van der Waals surface area contributed by atoms with Crippen LogP contribution in [0.1, 0.15) is 24.5 Å². The molecule has 0 saturated heterocycles. The Hall–Kier alpha value is -3.20. The second-order valence-corrected chi connectivity index (χ2v) is 6.45. The molecule has 0 bridgehead atoms. The van der Waals surface area contributed by atoms with Crippen LogP contribution in [-0.2, 0) is 17.5 Å². The average Bonchev–Trinajstić information content (AvgIpc) is 2.73. The Labute approximate surface area is 171 Å². The Bertz CT molecular complexity index is 1080. The molecule has 3 aromatic rings. The number of fused-ring (bicyclic) bond motifs is 1. The number of alkyl halides is 3. The standard InChI is InChI=1S/C21H21F3N4O2/c1-2-30-13-5-12-28-19(29)17-6-3-4-7-18(17)26-20(28)27-25-14-15-8-10-16(11-9-15)21(22,23)24/h3-4,6-11,14H,2,5,12-13H2,1H3,(H,26,27)/b25-14-. The second kappa shape index (κ2) is 9.53. The lowest BCUT2D eigenvalue weighted by Gasteiger charge is -2.12. The molecule has 0 radical (unpaired) electrons. The van der Waals surface area contributed by atoms with Crippen molar-refractivity contribution in [2.24, 2.45) is 5.10 Å². The van der Waals surface area contributed by atoms with Crippen LogP contribution in [0.25, 0.3) is 10.9 Å². The highest BCUT2D eigenvalue weighted by atomic mass is 19.4. The summed E-state index contributed by atoms with van der Waals surface area (Å²) < 4.78 is 44.8. The van der Waals surface area contributed by atoms with Crippen molar-refractivity contribution in [1.29, 1.82) is 0 Å². The molecule has 0 fully saturated rings. The first-order valence-electron chi connectivity index (χ1n) is 9.44. The van der Waals surface area contributed by atoms with Crippen LogP contribution >= 0.6 is 0 Å². The lowest BCUT2D eigenvalue weighted by atomic mass is 10.1. The summed E-state index contributed by atoms with van der Waals surface area (Å²) in [7, 11) is 0. The Morgan fingerprint density at radius 1 is 1.17 bits per heavy atom. The maximum absolute atomic E-state index is 12.9. The van der Waals surface area contributed by atoms with Crippen molar-refractivity contribution < 1.29 is 17.9 Å². The van der Waals surface area contributed by atoms with Crippen LogP contribution in [-0.4, -0.2) is 29.0 Å². The lowest BCUT2D eigenvalue weighted by molar-refractivity contribution is -0.137. The summed E-state index contributed by atoms with van der Waals surface area (Å²) in [5.41, 5.74) is 2.80. The molecule has 0 aliphatic carbocycles. The number of para-hydroxylation sites is 1. The third-order valence-electron chi connectivity index (χ3n) is 4.35. The van der Waals surface area contributed by atoms with Crippen molar-refractivity contribution in [2.45, 2.75) is 26.1 Å². The molecule has 158 valence electrons. The molecular weight excluding hydrogens is 397 g/mol. The van der Waals surface area contributed by atoms with Gasteiger partial charge in [0.2, 0.25) is 5.95 Å². The van der Waals surface area contributed by atoms with Gasteiger partial charge in [-0.3, -0.25) is 9.36 Å². The van der Waals surface area contributed by atoms with Gasteiger partial charge in [-0.05, 0) is 43.2 Å². The van der Waals surface area contributed by atoms with E-state index < -0.39 is 11.7 Å². The maximum Gasteiger partial charge on any atom is 0.416 e. The van der Waals surface area contributed by atoms with Crippen molar-refractivity contribution in [2.75, 3.05) is 18.6 Å². The van der Waals surface area contributed by atoms with Gasteiger partial charge in [-0.1, -0.05) is 24.3 Å². The highest BCUT2D eigenvalue weighted by Crippen LogP contribution is 2.28. The normalized spacial score (nSPS) is 12.0. The summed E-state index contributed by atoms with van der Waals surface area (Å²) in [6, 6.07) is 11.6. The van der Waals surface area contributed by atoms with Gasteiger partial charge in [-0.2, -0.15) is 18.3 Å². The minimum Gasteiger partial charge on any atom is -0.382 e. The predicted molar refractivity (Wildman–Crippen MR) is 110 cm³/mol. The Morgan fingerprint density at radius 2 is 1.90 bits per heavy atom. The molecule has 2 aromatic carbocycles. The molecule has 1 heterocycles. The van der Waals surface area contributed by atoms with E-state index in [1.807, 2.05) is 6.92 Å². The van der Waals surface area contributed by atoms with Crippen molar-refractivity contribution in [3.8, 4) is 0 Å². The van der Waals surface area contributed by atoms with Gasteiger partial charge in [0.25, 0.3) is 5.56 Å². The van der Waals surface area contributed by atoms with E-state index in [9.17, 15) is 18.0 Å². The summed E-state index contributed by atoms with van der Waals surface area (Å²) in [5.74, 6) is 0.248. The fourth-order valence-corrected chi connectivity index (χ4v) is 2.85. The van der Waals surface area contributed by atoms with Crippen LogP contribution < -0.4 is 11.0 Å². The summed E-state index contributed by atoms with van der Waals surface area (Å²) >= 11 is 0. The summed E-state index contributed by atoms with van der Waals surface area (Å²) in [6.45, 7) is 3.37. The molecule has 0 aliphatic rings. The van der Waals surface area contributed by atoms with E-state index in [2.05, 4.69) is 15.5 Å². The quantitative estimate of drug-likeness (QED) is 0.337. The first-order chi connectivity index (χ1) is 14.4. The SMILES string of the molecule is CCOCCCn1c(N/N=C\c2ccc(C(F)(F)F)cc2)nc2ccccc2c1=O. The molecule has 0 amide bonds. The van der Waals surface area contributed by atoms with Gasteiger partial charge in [-0.15, -0.1) is 0 Å². The van der Waals surface area contributed by atoms with E-state index in [4.69, 9.17) is 4.74 Å². The van der Waals surface area contributed by atoms with E-state index in [0.717, 1.165) is 12.1 Å². The Kier molecular flexibility index (Phi) is 6.83. The van der Waals surface area contributed by atoms with Gasteiger partial charge < -0.3 is 4.74 Å². The van der Waals surface area contributed by atoms with Crippen LogP contribution in [0.5, 0.6) is 0 Å². The van der Waals surface area contributed by atoms with Crippen LogP contribution in [0.2, 0.25) is 0 Å². The number of ether oxygens (including phenoxy) is 1. The maximum atomic E-state index is 12.9. The molecule has 1 N–H and O–H groups in total. The number of rotatable bonds is 8. The molecule has 9 heteroatoms. The molecule has 0 spiro atoms. The largest absolute Gasteiger partial charge is 0.416 e. The van der Waals surface area contributed by atoms with E-state index in [1.165, 1.54) is 22.9 Å². The van der Waals surface area contributed by atoms with Gasteiger partial charge in [0.15, 0.2) is 0 Å². The highest BCUT2D eigenvalue weighted by Gasteiger charge is 2.29. The number of hydrogen-bond acceptors (Lipinski definition) is 5. The molecule has 30 heavy (non-hydrogen) atoms. The zero-order chi connectivity index (χ0) is 21.6. The molecule has 0 aliphatic heterocycles. The smallest absolute Gasteiger partial charge is 0.382 e. The van der Waals surface area contributed by atoms with Gasteiger partial charge in [-0.25, -0.2) is 10.4 Å². The van der Waals surface area contributed by atoms with Gasteiger partial charge in [0, 0.05) is 19.8 Å². The number of anilines is 1. The van der Waals surface area contributed by atoms with Gasteiger partial charge in [0.1, 0.15) is 0 Å². The van der Waals surface area contributed by atoms with Crippen LogP contribution in [0.3, 0.4) is 0 Å². The monoisotopic (exact) mass is 418 g/mol.